The Labute approximate surface area is 74.9 Å². The van der Waals surface area contributed by atoms with E-state index in [-0.39, 0.29) is 0 Å². The van der Waals surface area contributed by atoms with Crippen LogP contribution in [0.2, 0.25) is 0 Å². The van der Waals surface area contributed by atoms with Gasteiger partial charge in [-0.15, -0.1) is 0 Å². The van der Waals surface area contributed by atoms with Gasteiger partial charge in [0.25, 0.3) is 0 Å². The summed E-state index contributed by atoms with van der Waals surface area (Å²) in [4.78, 5) is 11.9. The van der Waals surface area contributed by atoms with Crippen molar-refractivity contribution in [1.82, 2.24) is 15.0 Å². The van der Waals surface area contributed by atoms with Crippen LogP contribution in [0.25, 0.3) is 0 Å². The molecule has 0 aliphatic heterocycles. The topological polar surface area (TPSA) is 63.8 Å². The fourth-order valence-corrected chi connectivity index (χ4v) is 0.896. The largest absolute Gasteiger partial charge is 0.451 e. The van der Waals surface area contributed by atoms with Crippen LogP contribution in [0.15, 0.2) is 35.7 Å². The number of nitrogens with one attached hydrogen (secondary N) is 1. The molecule has 13 heavy (non-hydrogen) atoms. The Morgan fingerprint density at radius 2 is 2.31 bits per heavy atom. The molecule has 0 saturated carbocycles. The summed E-state index contributed by atoms with van der Waals surface area (Å²) in [7, 11) is 0. The second kappa shape index (κ2) is 3.66. The molecule has 0 radical (unpaired) electrons. The van der Waals surface area contributed by atoms with Crippen molar-refractivity contribution in [2.45, 2.75) is 6.54 Å². The molecule has 0 bridgehead atoms. The molecule has 0 aromatic carbocycles. The highest BCUT2D eigenvalue weighted by atomic mass is 16.3. The molecule has 0 spiro atoms. The lowest BCUT2D eigenvalue weighted by molar-refractivity contribution is 0.556. The predicted octanol–water partition coefficient (Wildman–Crippen LogP) is 1.08. The molecule has 2 heterocycles. The number of hydrogen-bond donors (Lipinski definition) is 1. The lowest BCUT2D eigenvalue weighted by Crippen LogP contribution is -2.01. The van der Waals surface area contributed by atoms with Crippen molar-refractivity contribution in [3.63, 3.8) is 0 Å². The van der Waals surface area contributed by atoms with Gasteiger partial charge in [0.05, 0.1) is 18.4 Å². The minimum atomic E-state index is 0.592. The summed E-state index contributed by atoms with van der Waals surface area (Å²) in [6.45, 7) is 0.592. The van der Waals surface area contributed by atoms with Crippen LogP contribution in [0.3, 0.4) is 0 Å². The molecule has 2 rings (SSSR count). The molecular weight excluding hydrogens is 168 g/mol. The van der Waals surface area contributed by atoms with Crippen LogP contribution in [0.1, 0.15) is 5.69 Å². The van der Waals surface area contributed by atoms with Crippen LogP contribution in [-0.2, 0) is 6.54 Å². The number of nitrogens with zero attached hydrogens (tertiary/aromatic N) is 3. The van der Waals surface area contributed by atoms with Gasteiger partial charge < -0.3 is 9.73 Å². The highest BCUT2D eigenvalue weighted by molar-refractivity contribution is 5.30. The fourth-order valence-electron chi connectivity index (χ4n) is 0.896. The lowest BCUT2D eigenvalue weighted by Gasteiger charge is -2.00. The van der Waals surface area contributed by atoms with Crippen LogP contribution < -0.4 is 5.32 Å². The molecular formula is C8H8N4O. The van der Waals surface area contributed by atoms with Crippen molar-refractivity contribution in [2.24, 2.45) is 0 Å². The summed E-state index contributed by atoms with van der Waals surface area (Å²) in [5.41, 5.74) is 0.839. The van der Waals surface area contributed by atoms with Crippen LogP contribution >= 0.6 is 0 Å². The van der Waals surface area contributed by atoms with E-state index in [1.807, 2.05) is 0 Å². The summed E-state index contributed by atoms with van der Waals surface area (Å²) in [5.74, 6) is 0.727. The zero-order valence-electron chi connectivity index (χ0n) is 6.84. The van der Waals surface area contributed by atoms with E-state index in [1.54, 1.807) is 24.9 Å². The molecule has 0 amide bonds. The van der Waals surface area contributed by atoms with Crippen molar-refractivity contribution in [1.29, 1.82) is 0 Å². The van der Waals surface area contributed by atoms with Crippen molar-refractivity contribution in [3.05, 3.63) is 36.9 Å². The average molecular weight is 176 g/mol. The average Bonchev–Trinajstić information content (AvgIpc) is 2.69. The van der Waals surface area contributed by atoms with Crippen LogP contribution in [0.4, 0.5) is 5.82 Å². The molecule has 5 heteroatoms. The Morgan fingerprint density at radius 1 is 1.31 bits per heavy atom. The van der Waals surface area contributed by atoms with Gasteiger partial charge in [0, 0.05) is 12.4 Å². The van der Waals surface area contributed by atoms with E-state index in [0.29, 0.717) is 6.54 Å². The molecule has 5 nitrogen and oxygen atoms in total. The number of anilines is 1. The minimum Gasteiger partial charge on any atom is -0.451 e. The first-order valence-corrected chi connectivity index (χ1v) is 3.82. The molecule has 66 valence electrons. The molecule has 0 fully saturated rings. The second-order valence-electron chi connectivity index (χ2n) is 2.42. The van der Waals surface area contributed by atoms with E-state index in [0.717, 1.165) is 11.5 Å². The van der Waals surface area contributed by atoms with E-state index in [4.69, 9.17) is 4.42 Å². The second-order valence-corrected chi connectivity index (χ2v) is 2.42. The van der Waals surface area contributed by atoms with Gasteiger partial charge in [-0.2, -0.15) is 0 Å². The van der Waals surface area contributed by atoms with E-state index >= 15 is 0 Å². The molecule has 2 aromatic heterocycles. The molecule has 0 atom stereocenters. The van der Waals surface area contributed by atoms with Crippen LogP contribution in [0.5, 0.6) is 0 Å². The summed E-state index contributed by atoms with van der Waals surface area (Å²) in [6.07, 6.45) is 7.89. The zero-order chi connectivity index (χ0) is 8.93. The number of aromatic nitrogens is 3. The van der Waals surface area contributed by atoms with Gasteiger partial charge in [-0.05, 0) is 0 Å². The van der Waals surface area contributed by atoms with Gasteiger partial charge >= 0.3 is 0 Å². The maximum atomic E-state index is 4.82. The van der Waals surface area contributed by atoms with Gasteiger partial charge in [-0.1, -0.05) is 0 Å². The first-order chi connectivity index (χ1) is 6.45. The number of oxazole rings is 1. The Hall–Kier alpha value is -1.91. The summed E-state index contributed by atoms with van der Waals surface area (Å²) < 4.78 is 4.82. The van der Waals surface area contributed by atoms with Gasteiger partial charge in [-0.25, -0.2) is 9.97 Å². The van der Waals surface area contributed by atoms with E-state index < -0.39 is 0 Å². The maximum absolute atomic E-state index is 4.82. The minimum absolute atomic E-state index is 0.592. The third kappa shape index (κ3) is 2.02. The van der Waals surface area contributed by atoms with Gasteiger partial charge in [-0.3, -0.25) is 4.98 Å². The maximum Gasteiger partial charge on any atom is 0.180 e. The molecule has 0 unspecified atom stereocenters. The van der Waals surface area contributed by atoms with Gasteiger partial charge in [0.2, 0.25) is 0 Å². The summed E-state index contributed by atoms with van der Waals surface area (Å²) >= 11 is 0. The zero-order valence-corrected chi connectivity index (χ0v) is 6.84. The molecule has 2 aromatic rings. The number of hydrogen-bond acceptors (Lipinski definition) is 5. The highest BCUT2D eigenvalue weighted by Crippen LogP contribution is 2.01. The lowest BCUT2D eigenvalue weighted by atomic mass is 10.5. The van der Waals surface area contributed by atoms with E-state index in [1.165, 1.54) is 6.39 Å². The van der Waals surface area contributed by atoms with Crippen LogP contribution in [0, 0.1) is 0 Å². The monoisotopic (exact) mass is 176 g/mol. The SMILES string of the molecule is c1cnc(NCc2cocn2)cn1. The Morgan fingerprint density at radius 3 is 3.00 bits per heavy atom. The highest BCUT2D eigenvalue weighted by Gasteiger charge is 1.95. The normalized spacial score (nSPS) is 9.85. The Kier molecular flexibility index (Phi) is 2.18. The first kappa shape index (κ1) is 7.72. The Balaban J connectivity index is 1.94. The molecule has 0 aliphatic rings. The molecule has 0 saturated heterocycles. The van der Waals surface area contributed by atoms with Gasteiger partial charge in [0.1, 0.15) is 12.1 Å². The molecule has 0 aliphatic carbocycles. The van der Waals surface area contributed by atoms with Crippen molar-refractivity contribution in [3.8, 4) is 0 Å². The predicted molar refractivity (Wildman–Crippen MR) is 45.9 cm³/mol. The van der Waals surface area contributed by atoms with Gasteiger partial charge in [0.15, 0.2) is 6.39 Å². The smallest absolute Gasteiger partial charge is 0.180 e. The first-order valence-electron chi connectivity index (χ1n) is 3.82. The van der Waals surface area contributed by atoms with Crippen molar-refractivity contribution >= 4 is 5.82 Å². The third-order valence-corrected chi connectivity index (χ3v) is 1.50. The number of rotatable bonds is 3. The Bertz CT molecular complexity index is 346. The standard InChI is InChI=1S/C8H8N4O/c1-2-10-8(4-9-1)11-3-7-5-13-6-12-7/h1-2,4-6H,3H2,(H,10,11). The van der Waals surface area contributed by atoms with Crippen molar-refractivity contribution < 1.29 is 4.42 Å². The van der Waals surface area contributed by atoms with Crippen LogP contribution in [-0.4, -0.2) is 15.0 Å². The summed E-state index contributed by atoms with van der Waals surface area (Å²) in [5, 5.41) is 3.05. The third-order valence-electron chi connectivity index (χ3n) is 1.50. The quantitative estimate of drug-likeness (QED) is 0.758. The van der Waals surface area contributed by atoms with E-state index in [9.17, 15) is 0 Å². The fraction of sp³-hybridized carbons (Fsp3) is 0.125. The summed E-state index contributed by atoms with van der Waals surface area (Å²) in [6, 6.07) is 0. The van der Waals surface area contributed by atoms with E-state index in [2.05, 4.69) is 20.3 Å². The molecule has 1 N–H and O–H groups in total. The van der Waals surface area contributed by atoms with Crippen molar-refractivity contribution in [2.75, 3.05) is 5.32 Å².